The topological polar surface area (TPSA) is 79.0 Å². The number of alkyl halides is 3. The molecule has 0 aliphatic carbocycles. The standard InChI is InChI=1S/C23H28F3N3O4S/c1-16-8-9-19(14-21(16)34(31,32)29-10-12-33-13-11-29)27-22(30)17(2)28(3)15-18-6-4-5-7-20(18)23(24,25)26/h4-9,14,17H,10-13,15H2,1-3H3,(H,27,30). The van der Waals surface area contributed by atoms with Crippen molar-refractivity contribution in [2.45, 2.75) is 37.5 Å². The summed E-state index contributed by atoms with van der Waals surface area (Å²) < 4.78 is 72.6. The summed E-state index contributed by atoms with van der Waals surface area (Å²) in [7, 11) is -2.21. The molecule has 0 radical (unpaired) electrons. The highest BCUT2D eigenvalue weighted by Crippen LogP contribution is 2.32. The number of carbonyl (C=O) groups is 1. The second kappa shape index (κ2) is 10.4. The van der Waals surface area contributed by atoms with Crippen LogP contribution in [0.25, 0.3) is 0 Å². The Hall–Kier alpha value is -2.47. The Labute approximate surface area is 197 Å². The average molecular weight is 500 g/mol. The van der Waals surface area contributed by atoms with Gasteiger partial charge >= 0.3 is 6.18 Å². The summed E-state index contributed by atoms with van der Waals surface area (Å²) in [6, 6.07) is 9.07. The first kappa shape index (κ1) is 26.1. The first-order valence-corrected chi connectivity index (χ1v) is 12.2. The number of anilines is 1. The van der Waals surface area contributed by atoms with Gasteiger partial charge in [0.15, 0.2) is 0 Å². The predicted molar refractivity (Wildman–Crippen MR) is 122 cm³/mol. The smallest absolute Gasteiger partial charge is 0.379 e. The van der Waals surface area contributed by atoms with E-state index in [1.54, 1.807) is 33.0 Å². The fraction of sp³-hybridized carbons (Fsp3) is 0.435. The molecule has 0 aromatic heterocycles. The van der Waals surface area contributed by atoms with E-state index in [-0.39, 0.29) is 30.1 Å². The zero-order valence-corrected chi connectivity index (χ0v) is 20.0. The third-order valence-corrected chi connectivity index (χ3v) is 7.87. The fourth-order valence-electron chi connectivity index (χ4n) is 3.67. The number of ether oxygens (including phenoxy) is 1. The Morgan fingerprint density at radius 3 is 2.47 bits per heavy atom. The van der Waals surface area contributed by atoms with Gasteiger partial charge in [-0.2, -0.15) is 17.5 Å². The van der Waals surface area contributed by atoms with Crippen LogP contribution in [0.15, 0.2) is 47.4 Å². The van der Waals surface area contributed by atoms with Crippen LogP contribution in [-0.4, -0.2) is 62.9 Å². The molecule has 1 unspecified atom stereocenters. The number of nitrogens with one attached hydrogen (secondary N) is 1. The third kappa shape index (κ3) is 5.96. The maximum Gasteiger partial charge on any atom is 0.416 e. The minimum atomic E-state index is -4.49. The number of rotatable bonds is 7. The van der Waals surface area contributed by atoms with Gasteiger partial charge in [-0.05, 0) is 50.2 Å². The largest absolute Gasteiger partial charge is 0.416 e. The number of benzene rings is 2. The molecule has 34 heavy (non-hydrogen) atoms. The molecule has 2 aromatic carbocycles. The Kier molecular flexibility index (Phi) is 8.02. The zero-order chi connectivity index (χ0) is 25.1. The van der Waals surface area contributed by atoms with Crippen molar-refractivity contribution in [3.63, 3.8) is 0 Å². The quantitative estimate of drug-likeness (QED) is 0.631. The van der Waals surface area contributed by atoms with Gasteiger partial charge < -0.3 is 10.1 Å². The second-order valence-electron chi connectivity index (χ2n) is 8.23. The summed E-state index contributed by atoms with van der Waals surface area (Å²) in [5, 5.41) is 2.69. The minimum Gasteiger partial charge on any atom is -0.379 e. The van der Waals surface area contributed by atoms with Crippen LogP contribution in [-0.2, 0) is 32.3 Å². The van der Waals surface area contributed by atoms with Crippen molar-refractivity contribution in [2.75, 3.05) is 38.7 Å². The summed E-state index contributed by atoms with van der Waals surface area (Å²) in [5.41, 5.74) is 0.147. The van der Waals surface area contributed by atoms with E-state index >= 15 is 0 Å². The molecule has 1 amide bonds. The van der Waals surface area contributed by atoms with Crippen LogP contribution in [0, 0.1) is 6.92 Å². The summed E-state index contributed by atoms with van der Waals surface area (Å²) in [6.07, 6.45) is -4.49. The predicted octanol–water partition coefficient (Wildman–Crippen LogP) is 3.49. The van der Waals surface area contributed by atoms with Crippen molar-refractivity contribution >= 4 is 21.6 Å². The van der Waals surface area contributed by atoms with Gasteiger partial charge in [-0.3, -0.25) is 9.69 Å². The molecule has 1 aliphatic rings. The number of aryl methyl sites for hydroxylation is 1. The maximum absolute atomic E-state index is 13.3. The molecule has 7 nitrogen and oxygen atoms in total. The van der Waals surface area contributed by atoms with Gasteiger partial charge in [-0.15, -0.1) is 0 Å². The van der Waals surface area contributed by atoms with Crippen molar-refractivity contribution in [3.8, 4) is 0 Å². The molecular weight excluding hydrogens is 471 g/mol. The molecule has 1 atom stereocenters. The van der Waals surface area contributed by atoms with Crippen LogP contribution in [0.4, 0.5) is 18.9 Å². The van der Waals surface area contributed by atoms with Gasteiger partial charge in [0, 0.05) is 25.3 Å². The van der Waals surface area contributed by atoms with E-state index in [1.807, 2.05) is 0 Å². The van der Waals surface area contributed by atoms with Crippen LogP contribution >= 0.6 is 0 Å². The molecule has 1 fully saturated rings. The van der Waals surface area contributed by atoms with Crippen molar-refractivity contribution in [1.29, 1.82) is 0 Å². The Morgan fingerprint density at radius 1 is 1.18 bits per heavy atom. The lowest BCUT2D eigenvalue weighted by molar-refractivity contribution is -0.138. The number of halogens is 3. The molecular formula is C23H28F3N3O4S. The summed E-state index contributed by atoms with van der Waals surface area (Å²) in [6.45, 7) is 4.29. The van der Waals surface area contributed by atoms with Gasteiger partial charge in [0.1, 0.15) is 0 Å². The molecule has 1 N–H and O–H groups in total. The van der Waals surface area contributed by atoms with Gasteiger partial charge in [0.25, 0.3) is 0 Å². The number of sulfonamides is 1. The highest BCUT2D eigenvalue weighted by molar-refractivity contribution is 7.89. The molecule has 2 aromatic rings. The van der Waals surface area contributed by atoms with Crippen molar-refractivity contribution in [2.24, 2.45) is 0 Å². The number of nitrogens with zero attached hydrogens (tertiary/aromatic N) is 2. The van der Waals surface area contributed by atoms with E-state index in [0.29, 0.717) is 24.5 Å². The summed E-state index contributed by atoms with van der Waals surface area (Å²) in [4.78, 5) is 14.4. The Morgan fingerprint density at radius 2 is 1.82 bits per heavy atom. The van der Waals surface area contributed by atoms with E-state index in [9.17, 15) is 26.4 Å². The number of carbonyl (C=O) groups excluding carboxylic acids is 1. The maximum atomic E-state index is 13.3. The SMILES string of the molecule is Cc1ccc(NC(=O)C(C)N(C)Cc2ccccc2C(F)(F)F)cc1S(=O)(=O)N1CCOCC1. The fourth-order valence-corrected chi connectivity index (χ4v) is 5.33. The molecule has 186 valence electrons. The van der Waals surface area contributed by atoms with Gasteiger partial charge in [0.2, 0.25) is 15.9 Å². The molecule has 1 saturated heterocycles. The monoisotopic (exact) mass is 499 g/mol. The highest BCUT2D eigenvalue weighted by Gasteiger charge is 2.34. The molecule has 1 heterocycles. The van der Waals surface area contributed by atoms with E-state index < -0.39 is 33.7 Å². The molecule has 0 bridgehead atoms. The van der Waals surface area contributed by atoms with E-state index in [0.717, 1.165) is 6.07 Å². The first-order valence-electron chi connectivity index (χ1n) is 10.8. The molecule has 0 spiro atoms. The summed E-state index contributed by atoms with van der Waals surface area (Å²) >= 11 is 0. The number of amides is 1. The molecule has 1 aliphatic heterocycles. The van der Waals surface area contributed by atoms with Gasteiger partial charge in [-0.25, -0.2) is 8.42 Å². The normalized spacial score (nSPS) is 16.4. The van der Waals surface area contributed by atoms with Crippen molar-refractivity contribution < 1.29 is 31.1 Å². The van der Waals surface area contributed by atoms with E-state index in [4.69, 9.17) is 4.74 Å². The van der Waals surface area contributed by atoms with E-state index in [2.05, 4.69) is 5.32 Å². The lowest BCUT2D eigenvalue weighted by Gasteiger charge is -2.27. The molecule has 0 saturated carbocycles. The zero-order valence-electron chi connectivity index (χ0n) is 19.2. The third-order valence-electron chi connectivity index (χ3n) is 5.83. The Balaban J connectivity index is 1.74. The lowest BCUT2D eigenvalue weighted by atomic mass is 10.1. The molecule has 11 heteroatoms. The average Bonchev–Trinajstić information content (AvgIpc) is 2.79. The molecule has 3 rings (SSSR count). The summed E-state index contributed by atoms with van der Waals surface area (Å²) in [5.74, 6) is -0.467. The van der Waals surface area contributed by atoms with Crippen molar-refractivity contribution in [1.82, 2.24) is 9.21 Å². The van der Waals surface area contributed by atoms with Crippen molar-refractivity contribution in [3.05, 3.63) is 59.2 Å². The van der Waals surface area contributed by atoms with E-state index in [1.165, 1.54) is 33.5 Å². The number of hydrogen-bond donors (Lipinski definition) is 1. The van der Waals surface area contributed by atoms with Crippen LogP contribution < -0.4 is 5.32 Å². The van der Waals surface area contributed by atoms with Crippen LogP contribution in [0.3, 0.4) is 0 Å². The number of likely N-dealkylation sites (N-methyl/N-ethyl adjacent to an activating group) is 1. The number of morpholine rings is 1. The van der Waals surface area contributed by atoms with Gasteiger partial charge in [-0.1, -0.05) is 24.3 Å². The lowest BCUT2D eigenvalue weighted by Crippen LogP contribution is -2.41. The second-order valence-corrected chi connectivity index (χ2v) is 10.1. The Bertz CT molecular complexity index is 1130. The van der Waals surface area contributed by atoms with Crippen LogP contribution in [0.2, 0.25) is 0 Å². The highest BCUT2D eigenvalue weighted by atomic mass is 32.2. The number of hydrogen-bond acceptors (Lipinski definition) is 5. The van der Waals surface area contributed by atoms with Crippen LogP contribution in [0.1, 0.15) is 23.6 Å². The van der Waals surface area contributed by atoms with Gasteiger partial charge in [0.05, 0.1) is 29.7 Å². The minimum absolute atomic E-state index is 0.0615. The van der Waals surface area contributed by atoms with Crippen LogP contribution in [0.5, 0.6) is 0 Å². The first-order chi connectivity index (χ1) is 15.9.